The molecule has 0 fully saturated rings. The number of nitrogens with one attached hydrogen (secondary N) is 1. The Balaban J connectivity index is 2.80. The lowest BCUT2D eigenvalue weighted by molar-refractivity contribution is 0.806. The van der Waals surface area contributed by atoms with Crippen molar-refractivity contribution in [1.82, 2.24) is 5.32 Å². The second-order valence-electron chi connectivity index (χ2n) is 1.60. The Morgan fingerprint density at radius 1 is 1.50 bits per heavy atom. The van der Waals surface area contributed by atoms with Gasteiger partial charge in [-0.2, -0.15) is 0 Å². The Hall–Kier alpha value is -0.340. The Kier molecular flexibility index (Phi) is 6.38. The van der Waals surface area contributed by atoms with Gasteiger partial charge in [-0.05, 0) is 20.0 Å². The van der Waals surface area contributed by atoms with Crippen LogP contribution in [0.25, 0.3) is 0 Å². The fourth-order valence-corrected chi connectivity index (χ4v) is 0.442. The van der Waals surface area contributed by atoms with Crippen molar-refractivity contribution in [1.29, 1.82) is 0 Å². The quantitative estimate of drug-likeness (QED) is 0.402. The van der Waals surface area contributed by atoms with Crippen LogP contribution in [0.5, 0.6) is 0 Å². The molecule has 2 nitrogen and oxygen atoms in total. The zero-order valence-corrected chi connectivity index (χ0v) is 5.35. The van der Waals surface area contributed by atoms with E-state index in [4.69, 9.17) is 5.73 Å². The van der Waals surface area contributed by atoms with Gasteiger partial charge in [-0.15, -0.1) is 0 Å². The Morgan fingerprint density at radius 2 is 2.25 bits per heavy atom. The monoisotopic (exact) mass is 114 g/mol. The molecule has 0 atom stereocenters. The minimum absolute atomic E-state index is 0.656. The van der Waals surface area contributed by atoms with E-state index >= 15 is 0 Å². The van der Waals surface area contributed by atoms with E-state index in [-0.39, 0.29) is 0 Å². The summed E-state index contributed by atoms with van der Waals surface area (Å²) in [7, 11) is 1.94. The first-order valence-corrected chi connectivity index (χ1v) is 2.91. The predicted octanol–water partition coefficient (Wildman–Crippen LogP) is 0.111. The summed E-state index contributed by atoms with van der Waals surface area (Å²) in [5.41, 5.74) is 5.20. The van der Waals surface area contributed by atoms with Gasteiger partial charge in [0.2, 0.25) is 0 Å². The lowest BCUT2D eigenvalue weighted by Gasteiger charge is -1.88. The number of hydrogen-bond donors (Lipinski definition) is 2. The van der Waals surface area contributed by atoms with E-state index in [9.17, 15) is 0 Å². The fraction of sp³-hybridized carbons (Fsp3) is 0.667. The van der Waals surface area contributed by atoms with Crippen molar-refractivity contribution in [2.75, 3.05) is 20.1 Å². The van der Waals surface area contributed by atoms with Crippen molar-refractivity contribution < 1.29 is 0 Å². The highest BCUT2D eigenvalue weighted by molar-refractivity contribution is 4.82. The summed E-state index contributed by atoms with van der Waals surface area (Å²) in [4.78, 5) is 0. The molecule has 0 aromatic carbocycles. The Morgan fingerprint density at radius 3 is 2.75 bits per heavy atom. The highest BCUT2D eigenvalue weighted by Gasteiger charge is 1.72. The molecule has 0 heterocycles. The molecule has 0 aliphatic carbocycles. The lowest BCUT2D eigenvalue weighted by Crippen LogP contribution is -2.06. The summed E-state index contributed by atoms with van der Waals surface area (Å²) in [6.45, 7) is 1.69. The van der Waals surface area contributed by atoms with Crippen LogP contribution in [-0.2, 0) is 0 Å². The van der Waals surface area contributed by atoms with Crippen molar-refractivity contribution in [3.05, 3.63) is 12.2 Å². The van der Waals surface area contributed by atoms with Crippen LogP contribution in [0.15, 0.2) is 12.2 Å². The van der Waals surface area contributed by atoms with Gasteiger partial charge in [0.15, 0.2) is 0 Å². The van der Waals surface area contributed by atoms with E-state index in [1.807, 2.05) is 13.1 Å². The zero-order chi connectivity index (χ0) is 6.24. The fourth-order valence-electron chi connectivity index (χ4n) is 0.442. The smallest absolute Gasteiger partial charge is 0.0106 e. The van der Waals surface area contributed by atoms with Gasteiger partial charge >= 0.3 is 0 Å². The van der Waals surface area contributed by atoms with Crippen molar-refractivity contribution in [3.63, 3.8) is 0 Å². The van der Waals surface area contributed by atoms with Crippen LogP contribution < -0.4 is 11.1 Å². The standard InChI is InChI=1S/C6H14N2/c1-8-6-4-2-3-5-7/h2-3,8H,4-7H2,1H3. The average molecular weight is 114 g/mol. The van der Waals surface area contributed by atoms with Gasteiger partial charge in [0.05, 0.1) is 0 Å². The van der Waals surface area contributed by atoms with E-state index < -0.39 is 0 Å². The van der Waals surface area contributed by atoms with Crippen LogP contribution in [0.2, 0.25) is 0 Å². The van der Waals surface area contributed by atoms with Crippen molar-refractivity contribution in [2.24, 2.45) is 5.73 Å². The van der Waals surface area contributed by atoms with Gasteiger partial charge in [-0.25, -0.2) is 0 Å². The van der Waals surface area contributed by atoms with E-state index in [2.05, 4.69) is 11.4 Å². The predicted molar refractivity (Wildman–Crippen MR) is 36.7 cm³/mol. The highest BCUT2D eigenvalue weighted by atomic mass is 14.8. The molecule has 0 aromatic rings. The summed E-state index contributed by atoms with van der Waals surface area (Å²) in [6.07, 6.45) is 5.13. The molecule has 0 aliphatic heterocycles. The number of hydrogen-bond acceptors (Lipinski definition) is 2. The van der Waals surface area contributed by atoms with E-state index in [1.54, 1.807) is 0 Å². The molecule has 3 N–H and O–H groups in total. The molecule has 48 valence electrons. The van der Waals surface area contributed by atoms with Crippen LogP contribution >= 0.6 is 0 Å². The zero-order valence-electron chi connectivity index (χ0n) is 5.35. The third kappa shape index (κ3) is 5.66. The first kappa shape index (κ1) is 7.66. The Bertz CT molecular complexity index is 59.5. The first-order valence-electron chi connectivity index (χ1n) is 2.91. The number of rotatable bonds is 4. The normalized spacial score (nSPS) is 10.8. The molecule has 0 spiro atoms. The van der Waals surface area contributed by atoms with Gasteiger partial charge in [0.25, 0.3) is 0 Å². The molecule has 0 radical (unpaired) electrons. The third-order valence-corrected chi connectivity index (χ3v) is 0.864. The molecule has 0 aliphatic rings. The van der Waals surface area contributed by atoms with Crippen molar-refractivity contribution in [2.45, 2.75) is 6.42 Å². The summed E-state index contributed by atoms with van der Waals surface area (Å²) in [6, 6.07) is 0. The van der Waals surface area contributed by atoms with Crippen LogP contribution in [0.3, 0.4) is 0 Å². The molecule has 0 aromatic heterocycles. The Labute approximate surface area is 50.8 Å². The molecular weight excluding hydrogens is 100 g/mol. The molecule has 2 heteroatoms. The largest absolute Gasteiger partial charge is 0.327 e. The summed E-state index contributed by atoms with van der Waals surface area (Å²) < 4.78 is 0. The van der Waals surface area contributed by atoms with E-state index in [1.165, 1.54) is 0 Å². The van der Waals surface area contributed by atoms with Crippen LogP contribution in [0.1, 0.15) is 6.42 Å². The van der Waals surface area contributed by atoms with E-state index in [0.29, 0.717) is 6.54 Å². The van der Waals surface area contributed by atoms with Gasteiger partial charge in [0.1, 0.15) is 0 Å². The third-order valence-electron chi connectivity index (χ3n) is 0.864. The van der Waals surface area contributed by atoms with Crippen molar-refractivity contribution in [3.8, 4) is 0 Å². The van der Waals surface area contributed by atoms with Gasteiger partial charge < -0.3 is 11.1 Å². The summed E-state index contributed by atoms with van der Waals surface area (Å²) in [5, 5.41) is 3.03. The van der Waals surface area contributed by atoms with Crippen molar-refractivity contribution >= 4 is 0 Å². The SMILES string of the molecule is CNCCC=CCN. The van der Waals surface area contributed by atoms with Crippen LogP contribution in [0, 0.1) is 0 Å². The maximum atomic E-state index is 5.20. The summed E-state index contributed by atoms with van der Waals surface area (Å²) in [5.74, 6) is 0. The molecule has 0 rings (SSSR count). The second kappa shape index (κ2) is 6.66. The van der Waals surface area contributed by atoms with Gasteiger partial charge in [0, 0.05) is 6.54 Å². The molecular formula is C6H14N2. The lowest BCUT2D eigenvalue weighted by atomic mass is 10.4. The molecule has 0 saturated heterocycles. The maximum Gasteiger partial charge on any atom is 0.0106 e. The van der Waals surface area contributed by atoms with E-state index in [0.717, 1.165) is 13.0 Å². The number of nitrogens with two attached hydrogens (primary N) is 1. The molecule has 0 saturated carbocycles. The topological polar surface area (TPSA) is 38.0 Å². The van der Waals surface area contributed by atoms with Crippen LogP contribution in [0.4, 0.5) is 0 Å². The maximum absolute atomic E-state index is 5.20. The van der Waals surface area contributed by atoms with Gasteiger partial charge in [-0.1, -0.05) is 12.2 Å². The summed E-state index contributed by atoms with van der Waals surface area (Å²) >= 11 is 0. The molecule has 0 amide bonds. The molecule has 0 bridgehead atoms. The second-order valence-corrected chi connectivity index (χ2v) is 1.60. The minimum Gasteiger partial charge on any atom is -0.327 e. The first-order chi connectivity index (χ1) is 3.91. The molecule has 0 unspecified atom stereocenters. The van der Waals surface area contributed by atoms with Gasteiger partial charge in [-0.3, -0.25) is 0 Å². The van der Waals surface area contributed by atoms with Crippen LogP contribution in [-0.4, -0.2) is 20.1 Å². The molecule has 8 heavy (non-hydrogen) atoms. The minimum atomic E-state index is 0.656. The average Bonchev–Trinajstić information content (AvgIpc) is 1.81. The highest BCUT2D eigenvalue weighted by Crippen LogP contribution is 1.76.